The number of ether oxygens (including phenoxy) is 3. The van der Waals surface area contributed by atoms with E-state index < -0.39 is 0 Å². The van der Waals surface area contributed by atoms with Gasteiger partial charge < -0.3 is 19.1 Å². The summed E-state index contributed by atoms with van der Waals surface area (Å²) in [6.45, 7) is 4.18. The highest BCUT2D eigenvalue weighted by molar-refractivity contribution is 5.68. The van der Waals surface area contributed by atoms with Gasteiger partial charge in [-0.3, -0.25) is 0 Å². The monoisotopic (exact) mass is 321 g/mol. The molecule has 1 aromatic carbocycles. The summed E-state index contributed by atoms with van der Waals surface area (Å²) in [6.07, 6.45) is 2.45. The lowest BCUT2D eigenvalue weighted by Gasteiger charge is -2.23. The molecule has 2 atom stereocenters. The maximum atomic E-state index is 12.2. The minimum absolute atomic E-state index is 0.0223. The van der Waals surface area contributed by atoms with Crippen molar-refractivity contribution in [3.63, 3.8) is 0 Å². The van der Waals surface area contributed by atoms with Crippen molar-refractivity contribution in [1.29, 1.82) is 0 Å². The molecule has 1 saturated heterocycles. The fraction of sp³-hybridized carbons (Fsp3) is 0.611. The normalized spacial score (nSPS) is 20.7. The van der Waals surface area contributed by atoms with E-state index in [0.717, 1.165) is 24.8 Å². The van der Waals surface area contributed by atoms with Crippen LogP contribution in [-0.2, 0) is 20.8 Å². The lowest BCUT2D eigenvalue weighted by atomic mass is 10.2. The number of amides is 1. The lowest BCUT2D eigenvalue weighted by Crippen LogP contribution is -2.39. The number of hydrogen-bond donors (Lipinski definition) is 0. The molecule has 5 nitrogen and oxygen atoms in total. The van der Waals surface area contributed by atoms with Crippen LogP contribution >= 0.6 is 0 Å². The van der Waals surface area contributed by atoms with E-state index in [9.17, 15) is 4.79 Å². The van der Waals surface area contributed by atoms with Crippen LogP contribution in [0.25, 0.3) is 0 Å². The summed E-state index contributed by atoms with van der Waals surface area (Å²) in [5.41, 5.74) is 1.14. The molecule has 1 heterocycles. The van der Waals surface area contributed by atoms with Crippen molar-refractivity contribution in [2.24, 2.45) is 0 Å². The van der Waals surface area contributed by atoms with Crippen molar-refractivity contribution in [2.45, 2.75) is 44.9 Å². The summed E-state index contributed by atoms with van der Waals surface area (Å²) in [4.78, 5) is 14.0. The van der Waals surface area contributed by atoms with Crippen LogP contribution in [0.15, 0.2) is 30.3 Å². The fourth-order valence-electron chi connectivity index (χ4n) is 2.74. The number of likely N-dealkylation sites (tertiary alicyclic amines) is 1. The molecular weight excluding hydrogens is 294 g/mol. The molecule has 0 unspecified atom stereocenters. The molecule has 0 spiro atoms. The van der Waals surface area contributed by atoms with Crippen LogP contribution in [0.3, 0.4) is 0 Å². The van der Waals surface area contributed by atoms with Gasteiger partial charge in [-0.15, -0.1) is 0 Å². The van der Waals surface area contributed by atoms with Gasteiger partial charge in [0.1, 0.15) is 0 Å². The Balaban J connectivity index is 1.85. The predicted molar refractivity (Wildman–Crippen MR) is 88.3 cm³/mol. The third kappa shape index (κ3) is 5.52. The number of carbonyl (C=O) groups excluding carboxylic acids is 1. The van der Waals surface area contributed by atoms with Crippen LogP contribution in [0.1, 0.15) is 31.7 Å². The minimum atomic E-state index is -0.258. The molecule has 1 aliphatic rings. The number of methoxy groups -OCH3 is 1. The van der Waals surface area contributed by atoms with Gasteiger partial charge in [-0.1, -0.05) is 43.7 Å². The minimum Gasteiger partial charge on any atom is -0.449 e. The largest absolute Gasteiger partial charge is 0.449 e. The van der Waals surface area contributed by atoms with Crippen LogP contribution in [0, 0.1) is 0 Å². The molecule has 0 radical (unpaired) electrons. The topological polar surface area (TPSA) is 48.0 Å². The number of rotatable bonds is 8. The molecule has 23 heavy (non-hydrogen) atoms. The molecule has 1 amide bonds. The Hall–Kier alpha value is -1.59. The van der Waals surface area contributed by atoms with E-state index >= 15 is 0 Å². The Labute approximate surface area is 138 Å². The molecule has 0 aromatic heterocycles. The van der Waals surface area contributed by atoms with E-state index in [1.54, 1.807) is 12.0 Å². The third-order valence-corrected chi connectivity index (χ3v) is 4.02. The van der Waals surface area contributed by atoms with E-state index in [1.165, 1.54) is 0 Å². The van der Waals surface area contributed by atoms with Crippen LogP contribution in [0.5, 0.6) is 0 Å². The van der Waals surface area contributed by atoms with E-state index in [-0.39, 0.29) is 18.2 Å². The zero-order valence-corrected chi connectivity index (χ0v) is 14.1. The number of benzene rings is 1. The molecule has 1 aromatic rings. The molecule has 2 rings (SSSR count). The molecule has 5 heteroatoms. The highest BCUT2D eigenvalue weighted by atomic mass is 16.6. The fourth-order valence-corrected chi connectivity index (χ4v) is 2.74. The van der Waals surface area contributed by atoms with Crippen LogP contribution in [-0.4, -0.2) is 50.0 Å². The Bertz CT molecular complexity index is 465. The van der Waals surface area contributed by atoms with Gasteiger partial charge >= 0.3 is 6.09 Å². The van der Waals surface area contributed by atoms with Crippen molar-refractivity contribution in [3.8, 4) is 0 Å². The second kappa shape index (κ2) is 9.53. The van der Waals surface area contributed by atoms with E-state index in [2.05, 4.69) is 6.92 Å². The molecule has 1 aliphatic heterocycles. The summed E-state index contributed by atoms with van der Waals surface area (Å²) in [7, 11) is 1.65. The van der Waals surface area contributed by atoms with Crippen molar-refractivity contribution in [1.82, 2.24) is 4.90 Å². The van der Waals surface area contributed by atoms with Crippen molar-refractivity contribution in [3.05, 3.63) is 35.9 Å². The second-order valence-corrected chi connectivity index (χ2v) is 5.88. The van der Waals surface area contributed by atoms with Crippen molar-refractivity contribution < 1.29 is 19.0 Å². The summed E-state index contributed by atoms with van der Waals surface area (Å²) >= 11 is 0. The number of hydrogen-bond acceptors (Lipinski definition) is 4. The molecule has 1 fully saturated rings. The number of unbranched alkanes of at least 4 members (excludes halogenated alkanes) is 1. The van der Waals surface area contributed by atoms with Crippen molar-refractivity contribution >= 4 is 6.09 Å². The first-order valence-electron chi connectivity index (χ1n) is 8.32. The highest BCUT2D eigenvalue weighted by Gasteiger charge is 2.36. The molecule has 0 saturated carbocycles. The Morgan fingerprint density at radius 2 is 2.09 bits per heavy atom. The van der Waals surface area contributed by atoms with Gasteiger partial charge in [0.15, 0.2) is 0 Å². The van der Waals surface area contributed by atoms with Crippen molar-refractivity contribution in [2.75, 3.05) is 26.9 Å². The predicted octanol–water partition coefficient (Wildman–Crippen LogP) is 3.23. The Morgan fingerprint density at radius 1 is 1.30 bits per heavy atom. The third-order valence-electron chi connectivity index (χ3n) is 4.02. The maximum Gasteiger partial charge on any atom is 0.410 e. The maximum absolute atomic E-state index is 12.2. The SMILES string of the molecule is CCCCOC(=O)N1C[C@H](OCc2ccccc2)C[C@@H]1COC. The quantitative estimate of drug-likeness (QED) is 0.690. The summed E-state index contributed by atoms with van der Waals surface area (Å²) in [6, 6.07) is 10.1. The second-order valence-electron chi connectivity index (χ2n) is 5.88. The van der Waals surface area contributed by atoms with Gasteiger partial charge in [0.2, 0.25) is 0 Å². The van der Waals surface area contributed by atoms with Crippen LogP contribution in [0.2, 0.25) is 0 Å². The van der Waals surface area contributed by atoms with Gasteiger partial charge in [0.05, 0.1) is 38.5 Å². The molecular formula is C18H27NO4. The Kier molecular flexibility index (Phi) is 7.36. The zero-order valence-electron chi connectivity index (χ0n) is 14.1. The summed E-state index contributed by atoms with van der Waals surface area (Å²) in [5, 5.41) is 0. The molecule has 0 aliphatic carbocycles. The first-order valence-corrected chi connectivity index (χ1v) is 8.32. The summed E-state index contributed by atoms with van der Waals surface area (Å²) < 4.78 is 16.5. The van der Waals surface area contributed by atoms with Gasteiger partial charge in [0.25, 0.3) is 0 Å². The Morgan fingerprint density at radius 3 is 2.78 bits per heavy atom. The first kappa shape index (κ1) is 17.8. The van der Waals surface area contributed by atoms with E-state index in [0.29, 0.717) is 26.4 Å². The average Bonchev–Trinajstić information content (AvgIpc) is 2.97. The molecule has 128 valence electrons. The van der Waals surface area contributed by atoms with E-state index in [4.69, 9.17) is 14.2 Å². The molecule has 0 bridgehead atoms. The number of carbonyl (C=O) groups is 1. The highest BCUT2D eigenvalue weighted by Crippen LogP contribution is 2.22. The average molecular weight is 321 g/mol. The van der Waals surface area contributed by atoms with Crippen LogP contribution in [0.4, 0.5) is 4.79 Å². The first-order chi connectivity index (χ1) is 11.2. The summed E-state index contributed by atoms with van der Waals surface area (Å²) in [5.74, 6) is 0. The zero-order chi connectivity index (χ0) is 16.5. The van der Waals surface area contributed by atoms with Gasteiger partial charge in [-0.25, -0.2) is 4.79 Å². The van der Waals surface area contributed by atoms with Crippen LogP contribution < -0.4 is 0 Å². The smallest absolute Gasteiger partial charge is 0.410 e. The van der Waals surface area contributed by atoms with Gasteiger partial charge in [-0.05, 0) is 18.4 Å². The van der Waals surface area contributed by atoms with E-state index in [1.807, 2.05) is 30.3 Å². The van der Waals surface area contributed by atoms with Gasteiger partial charge in [-0.2, -0.15) is 0 Å². The van der Waals surface area contributed by atoms with Gasteiger partial charge in [0, 0.05) is 7.11 Å². The lowest BCUT2D eigenvalue weighted by molar-refractivity contribution is 0.0437. The standard InChI is InChI=1S/C18H27NO4/c1-3-4-10-22-18(20)19-12-17(11-16(19)14-21-2)23-13-15-8-6-5-7-9-15/h5-9,16-17H,3-4,10-14H2,1-2H3/t16-,17-/m1/s1. The molecule has 0 N–H and O–H groups in total. The number of nitrogens with zero attached hydrogens (tertiary/aromatic N) is 1.